The Kier molecular flexibility index (Phi) is 4.04. The maximum absolute atomic E-state index is 4.67. The molecule has 1 aromatic heterocycles. The summed E-state index contributed by atoms with van der Waals surface area (Å²) in [7, 11) is 0. The van der Waals surface area contributed by atoms with E-state index in [4.69, 9.17) is 0 Å². The van der Waals surface area contributed by atoms with Gasteiger partial charge in [0, 0.05) is 24.3 Å². The van der Waals surface area contributed by atoms with Gasteiger partial charge in [-0.15, -0.1) is 0 Å². The Hall–Kier alpha value is -1.04. The summed E-state index contributed by atoms with van der Waals surface area (Å²) in [5.74, 6) is 1.83. The highest BCUT2D eigenvalue weighted by atomic mass is 32.2. The minimum absolute atomic E-state index is 0.246. The Morgan fingerprint density at radius 2 is 2.35 bits per heavy atom. The summed E-state index contributed by atoms with van der Waals surface area (Å²) in [6, 6.07) is 0. The van der Waals surface area contributed by atoms with Crippen molar-refractivity contribution >= 4 is 16.9 Å². The molecule has 1 aliphatic rings. The molecular weight excluding hydrogens is 236 g/mol. The van der Waals surface area contributed by atoms with Crippen LogP contribution in [0.2, 0.25) is 0 Å². The summed E-state index contributed by atoms with van der Waals surface area (Å²) in [6.07, 6.45) is 4.36. The summed E-state index contributed by atoms with van der Waals surface area (Å²) in [4.78, 5) is 8.50. The molecule has 2 heterocycles. The molecule has 5 nitrogen and oxygen atoms in total. The first kappa shape index (κ1) is 12.4. The van der Waals surface area contributed by atoms with Gasteiger partial charge in [0.2, 0.25) is 6.39 Å². The van der Waals surface area contributed by atoms with Gasteiger partial charge in [-0.2, -0.15) is 4.98 Å². The standard InChI is InChI=1S/C11H18N4OS/c1-3-11(4-2)7-17-10(14-11)12-6-5-9-13-8-16-15-9/h8H,3-7H2,1-2H3,(H,12,14). The molecular formula is C11H18N4OS. The van der Waals surface area contributed by atoms with Crippen molar-refractivity contribution in [2.75, 3.05) is 12.3 Å². The minimum atomic E-state index is 0.246. The lowest BCUT2D eigenvalue weighted by molar-refractivity contribution is 0.407. The third kappa shape index (κ3) is 3.00. The van der Waals surface area contributed by atoms with Gasteiger partial charge in [0.15, 0.2) is 11.0 Å². The predicted octanol–water partition coefficient (Wildman–Crippen LogP) is 1.86. The smallest absolute Gasteiger partial charge is 0.213 e. The Bertz CT molecular complexity index is 373. The first-order valence-corrected chi connectivity index (χ1v) is 6.97. The van der Waals surface area contributed by atoms with Gasteiger partial charge in [0.05, 0.1) is 0 Å². The fourth-order valence-electron chi connectivity index (χ4n) is 1.78. The molecule has 17 heavy (non-hydrogen) atoms. The van der Waals surface area contributed by atoms with E-state index in [0.717, 1.165) is 36.0 Å². The van der Waals surface area contributed by atoms with Crippen molar-refractivity contribution in [3.8, 4) is 0 Å². The van der Waals surface area contributed by atoms with Crippen molar-refractivity contribution in [1.82, 2.24) is 15.5 Å². The van der Waals surface area contributed by atoms with E-state index < -0.39 is 0 Å². The molecule has 0 spiro atoms. The molecule has 1 aromatic rings. The molecule has 0 bridgehead atoms. The Morgan fingerprint density at radius 3 is 2.94 bits per heavy atom. The van der Waals surface area contributed by atoms with Gasteiger partial charge in [-0.3, -0.25) is 4.99 Å². The highest BCUT2D eigenvalue weighted by Crippen LogP contribution is 2.28. The van der Waals surface area contributed by atoms with Crippen molar-refractivity contribution in [2.24, 2.45) is 4.99 Å². The van der Waals surface area contributed by atoms with Gasteiger partial charge in [-0.25, -0.2) is 0 Å². The van der Waals surface area contributed by atoms with Crippen LogP contribution in [0.5, 0.6) is 0 Å². The largest absolute Gasteiger partial charge is 0.359 e. The summed E-state index contributed by atoms with van der Waals surface area (Å²) in [5.41, 5.74) is 0.246. The number of hydrogen-bond donors (Lipinski definition) is 1. The first-order chi connectivity index (χ1) is 8.28. The van der Waals surface area contributed by atoms with Crippen molar-refractivity contribution in [3.05, 3.63) is 12.2 Å². The lowest BCUT2D eigenvalue weighted by atomic mass is 9.96. The minimum Gasteiger partial charge on any atom is -0.359 e. The van der Waals surface area contributed by atoms with Crippen molar-refractivity contribution < 1.29 is 4.52 Å². The summed E-state index contributed by atoms with van der Waals surface area (Å²) in [6.45, 7) is 5.15. The maximum atomic E-state index is 4.67. The fourth-order valence-corrected chi connectivity index (χ4v) is 3.15. The van der Waals surface area contributed by atoms with Crippen LogP contribution < -0.4 is 5.32 Å². The van der Waals surface area contributed by atoms with Crippen molar-refractivity contribution in [3.63, 3.8) is 0 Å². The van der Waals surface area contributed by atoms with Crippen LogP contribution >= 0.6 is 11.8 Å². The Balaban J connectivity index is 1.84. The van der Waals surface area contributed by atoms with Crippen LogP contribution in [0.1, 0.15) is 32.5 Å². The van der Waals surface area contributed by atoms with Gasteiger partial charge in [0.25, 0.3) is 0 Å². The van der Waals surface area contributed by atoms with Gasteiger partial charge in [-0.1, -0.05) is 30.8 Å². The van der Waals surface area contributed by atoms with Crippen LogP contribution in [0.15, 0.2) is 15.9 Å². The van der Waals surface area contributed by atoms with E-state index in [9.17, 15) is 0 Å². The Morgan fingerprint density at radius 1 is 1.53 bits per heavy atom. The lowest BCUT2D eigenvalue weighted by Crippen LogP contribution is -2.42. The molecule has 0 atom stereocenters. The molecule has 6 heteroatoms. The highest BCUT2D eigenvalue weighted by molar-refractivity contribution is 8.14. The van der Waals surface area contributed by atoms with Gasteiger partial charge in [0.1, 0.15) is 0 Å². The molecule has 0 aromatic carbocycles. The fraction of sp³-hybridized carbons (Fsp3) is 0.727. The summed E-state index contributed by atoms with van der Waals surface area (Å²) in [5, 5.41) is 8.34. The SMILES string of the molecule is CCC1(CC)CSC(=NCCc2ncon2)N1. The monoisotopic (exact) mass is 254 g/mol. The van der Waals surface area contributed by atoms with Crippen LogP contribution in [0.3, 0.4) is 0 Å². The maximum Gasteiger partial charge on any atom is 0.213 e. The normalized spacial score (nSPS) is 20.7. The predicted molar refractivity (Wildman–Crippen MR) is 69.2 cm³/mol. The molecule has 0 aliphatic carbocycles. The van der Waals surface area contributed by atoms with E-state index in [1.165, 1.54) is 6.39 Å². The molecule has 1 N–H and O–H groups in total. The number of nitrogens with zero attached hydrogens (tertiary/aromatic N) is 3. The van der Waals surface area contributed by atoms with E-state index in [1.807, 2.05) is 11.8 Å². The number of aliphatic imine (C=N–C) groups is 1. The molecule has 0 amide bonds. The summed E-state index contributed by atoms with van der Waals surface area (Å²) < 4.78 is 4.67. The van der Waals surface area contributed by atoms with Gasteiger partial charge < -0.3 is 9.84 Å². The molecule has 0 unspecified atom stereocenters. The third-order valence-corrected chi connectivity index (χ3v) is 4.41. The quantitative estimate of drug-likeness (QED) is 0.869. The van der Waals surface area contributed by atoms with Crippen LogP contribution in [0.4, 0.5) is 0 Å². The average Bonchev–Trinajstić information content (AvgIpc) is 2.99. The van der Waals surface area contributed by atoms with E-state index in [0.29, 0.717) is 6.54 Å². The second-order valence-corrected chi connectivity index (χ2v) is 5.15. The number of rotatable bonds is 5. The zero-order chi connectivity index (χ0) is 12.1. The number of amidine groups is 1. The van der Waals surface area contributed by atoms with Gasteiger partial charge >= 0.3 is 0 Å². The van der Waals surface area contributed by atoms with E-state index in [-0.39, 0.29) is 5.54 Å². The van der Waals surface area contributed by atoms with Crippen molar-refractivity contribution in [2.45, 2.75) is 38.6 Å². The number of aromatic nitrogens is 2. The average molecular weight is 254 g/mol. The van der Waals surface area contributed by atoms with Crippen LogP contribution in [0, 0.1) is 0 Å². The zero-order valence-corrected chi connectivity index (χ0v) is 11.1. The first-order valence-electron chi connectivity index (χ1n) is 5.98. The number of nitrogens with one attached hydrogen (secondary N) is 1. The molecule has 2 rings (SSSR count). The van der Waals surface area contributed by atoms with E-state index >= 15 is 0 Å². The van der Waals surface area contributed by atoms with Crippen LogP contribution in [0.25, 0.3) is 0 Å². The van der Waals surface area contributed by atoms with Gasteiger partial charge in [-0.05, 0) is 12.8 Å². The molecule has 1 fully saturated rings. The number of hydrogen-bond acceptors (Lipinski definition) is 5. The molecule has 1 saturated heterocycles. The highest BCUT2D eigenvalue weighted by Gasteiger charge is 2.33. The van der Waals surface area contributed by atoms with Crippen LogP contribution in [-0.4, -0.2) is 33.1 Å². The molecule has 0 saturated carbocycles. The van der Waals surface area contributed by atoms with E-state index in [2.05, 4.69) is 38.8 Å². The third-order valence-electron chi connectivity index (χ3n) is 3.21. The lowest BCUT2D eigenvalue weighted by Gasteiger charge is -2.25. The van der Waals surface area contributed by atoms with Crippen LogP contribution in [-0.2, 0) is 6.42 Å². The second kappa shape index (κ2) is 5.53. The summed E-state index contributed by atoms with van der Waals surface area (Å²) >= 11 is 1.81. The molecule has 94 valence electrons. The number of thioether (sulfide) groups is 1. The van der Waals surface area contributed by atoms with E-state index in [1.54, 1.807) is 0 Å². The molecule has 1 aliphatic heterocycles. The van der Waals surface area contributed by atoms with Crippen molar-refractivity contribution in [1.29, 1.82) is 0 Å². The topological polar surface area (TPSA) is 63.3 Å². The Labute approximate surface area is 105 Å². The zero-order valence-electron chi connectivity index (χ0n) is 10.3. The molecule has 0 radical (unpaired) electrons. The second-order valence-electron chi connectivity index (χ2n) is 4.19.